The van der Waals surface area contributed by atoms with Crippen LogP contribution in [0.3, 0.4) is 0 Å². The van der Waals surface area contributed by atoms with Gasteiger partial charge in [-0.1, -0.05) is 15.9 Å². The van der Waals surface area contributed by atoms with Gasteiger partial charge in [0.1, 0.15) is 0 Å². The number of carbonyl (C=O) groups is 2. The predicted molar refractivity (Wildman–Crippen MR) is 92.4 cm³/mol. The number of benzene rings is 1. The molecular formula is C15H21BrN2O3S. The SMILES string of the molecule is CN(CCC(=O)O)C(=O)NCC(C)(C)Sc1ccc(Br)cc1. The second-order valence-electron chi connectivity index (χ2n) is 5.54. The van der Waals surface area contributed by atoms with Gasteiger partial charge in [-0.25, -0.2) is 4.79 Å². The lowest BCUT2D eigenvalue weighted by atomic mass is 10.2. The maximum Gasteiger partial charge on any atom is 0.317 e. The molecule has 0 aliphatic rings. The van der Waals surface area contributed by atoms with Gasteiger partial charge < -0.3 is 15.3 Å². The van der Waals surface area contributed by atoms with Gasteiger partial charge >= 0.3 is 12.0 Å². The molecule has 0 bridgehead atoms. The van der Waals surface area contributed by atoms with E-state index in [2.05, 4.69) is 35.1 Å². The quantitative estimate of drug-likeness (QED) is 0.701. The summed E-state index contributed by atoms with van der Waals surface area (Å²) >= 11 is 5.08. The molecule has 0 aliphatic heterocycles. The van der Waals surface area contributed by atoms with Gasteiger partial charge in [-0.05, 0) is 38.1 Å². The fourth-order valence-electron chi connectivity index (χ4n) is 1.65. The normalized spacial score (nSPS) is 11.1. The van der Waals surface area contributed by atoms with Crippen molar-refractivity contribution in [2.24, 2.45) is 0 Å². The zero-order valence-electron chi connectivity index (χ0n) is 12.9. The molecule has 0 atom stereocenters. The Morgan fingerprint density at radius 1 is 1.32 bits per heavy atom. The molecule has 0 saturated carbocycles. The molecule has 5 nitrogen and oxygen atoms in total. The van der Waals surface area contributed by atoms with E-state index in [0.29, 0.717) is 6.54 Å². The van der Waals surface area contributed by atoms with Crippen molar-refractivity contribution in [3.8, 4) is 0 Å². The molecule has 0 heterocycles. The van der Waals surface area contributed by atoms with Crippen LogP contribution in [-0.4, -0.2) is 46.9 Å². The van der Waals surface area contributed by atoms with E-state index in [-0.39, 0.29) is 23.7 Å². The van der Waals surface area contributed by atoms with Crippen LogP contribution in [0.5, 0.6) is 0 Å². The molecule has 7 heteroatoms. The summed E-state index contributed by atoms with van der Waals surface area (Å²) in [6, 6.07) is 7.76. The van der Waals surface area contributed by atoms with Crippen LogP contribution in [0, 0.1) is 0 Å². The largest absolute Gasteiger partial charge is 0.481 e. The minimum atomic E-state index is -0.911. The Labute approximate surface area is 143 Å². The van der Waals surface area contributed by atoms with Gasteiger partial charge in [0.25, 0.3) is 0 Å². The van der Waals surface area contributed by atoms with Crippen LogP contribution in [0.15, 0.2) is 33.6 Å². The highest BCUT2D eigenvalue weighted by molar-refractivity contribution is 9.10. The smallest absolute Gasteiger partial charge is 0.317 e. The average Bonchev–Trinajstić information content (AvgIpc) is 2.44. The summed E-state index contributed by atoms with van der Waals surface area (Å²) < 4.78 is 0.861. The Bertz CT molecular complexity index is 520. The molecule has 0 spiro atoms. The monoisotopic (exact) mass is 388 g/mol. The zero-order chi connectivity index (χ0) is 16.8. The van der Waals surface area contributed by atoms with Crippen molar-refractivity contribution >= 4 is 39.7 Å². The summed E-state index contributed by atoms with van der Waals surface area (Å²) in [7, 11) is 1.59. The number of carbonyl (C=O) groups excluding carboxylic acids is 1. The number of nitrogens with zero attached hydrogens (tertiary/aromatic N) is 1. The summed E-state index contributed by atoms with van der Waals surface area (Å²) in [5.41, 5.74) is 0. The van der Waals surface area contributed by atoms with Crippen LogP contribution in [0.4, 0.5) is 4.79 Å². The van der Waals surface area contributed by atoms with E-state index in [1.807, 2.05) is 24.3 Å². The number of aliphatic carboxylic acids is 1. The van der Waals surface area contributed by atoms with Crippen molar-refractivity contribution in [3.05, 3.63) is 28.7 Å². The van der Waals surface area contributed by atoms with E-state index >= 15 is 0 Å². The van der Waals surface area contributed by atoms with Crippen LogP contribution < -0.4 is 5.32 Å². The Morgan fingerprint density at radius 3 is 2.45 bits per heavy atom. The van der Waals surface area contributed by atoms with Gasteiger partial charge in [-0.3, -0.25) is 4.79 Å². The molecule has 0 fully saturated rings. The minimum absolute atomic E-state index is 0.0546. The maximum absolute atomic E-state index is 11.9. The van der Waals surface area contributed by atoms with Crippen molar-refractivity contribution in [2.45, 2.75) is 29.9 Å². The molecule has 1 aromatic carbocycles. The minimum Gasteiger partial charge on any atom is -0.481 e. The Balaban J connectivity index is 2.45. The van der Waals surface area contributed by atoms with E-state index in [0.717, 1.165) is 9.37 Å². The fraction of sp³-hybridized carbons (Fsp3) is 0.467. The first-order valence-corrected chi connectivity index (χ1v) is 8.46. The van der Waals surface area contributed by atoms with Gasteiger partial charge in [0.05, 0.1) is 6.42 Å². The van der Waals surface area contributed by atoms with E-state index in [4.69, 9.17) is 5.11 Å². The van der Waals surface area contributed by atoms with Crippen molar-refractivity contribution < 1.29 is 14.7 Å². The summed E-state index contributed by atoms with van der Waals surface area (Å²) in [6.07, 6.45) is -0.0546. The maximum atomic E-state index is 11.9. The molecular weight excluding hydrogens is 368 g/mol. The van der Waals surface area contributed by atoms with Crippen LogP contribution >= 0.6 is 27.7 Å². The van der Waals surface area contributed by atoms with E-state index in [9.17, 15) is 9.59 Å². The highest BCUT2D eigenvalue weighted by Gasteiger charge is 2.21. The van der Waals surface area contributed by atoms with Crippen LogP contribution in [-0.2, 0) is 4.79 Å². The molecule has 1 aromatic rings. The number of rotatable bonds is 7. The summed E-state index contributed by atoms with van der Waals surface area (Å²) in [6.45, 7) is 4.79. The van der Waals surface area contributed by atoms with Crippen LogP contribution in [0.2, 0.25) is 0 Å². The third-order valence-corrected chi connectivity index (χ3v) is 4.61. The molecule has 2 amide bonds. The standard InChI is InChI=1S/C15H21BrN2O3S/c1-15(2,22-12-6-4-11(16)5-7-12)10-17-14(21)18(3)9-8-13(19)20/h4-7H,8-10H2,1-3H3,(H,17,21)(H,19,20). The summed E-state index contributed by atoms with van der Waals surface area (Å²) in [5, 5.41) is 11.5. The Morgan fingerprint density at radius 2 is 1.91 bits per heavy atom. The first-order valence-electron chi connectivity index (χ1n) is 6.85. The van der Waals surface area contributed by atoms with Gasteiger partial charge in [0, 0.05) is 34.3 Å². The van der Waals surface area contributed by atoms with E-state index in [1.165, 1.54) is 4.90 Å². The molecule has 0 aromatic heterocycles. The van der Waals surface area contributed by atoms with Crippen LogP contribution in [0.25, 0.3) is 0 Å². The number of thioether (sulfide) groups is 1. The van der Waals surface area contributed by atoms with Gasteiger partial charge in [-0.15, -0.1) is 11.8 Å². The number of hydrogen-bond acceptors (Lipinski definition) is 3. The number of carboxylic acids is 1. The number of carboxylic acid groups (broad SMARTS) is 1. The van der Waals surface area contributed by atoms with Crippen molar-refractivity contribution in [1.29, 1.82) is 0 Å². The van der Waals surface area contributed by atoms with Gasteiger partial charge in [0.2, 0.25) is 0 Å². The second kappa shape index (κ2) is 8.43. The van der Waals surface area contributed by atoms with E-state index < -0.39 is 5.97 Å². The Kier molecular flexibility index (Phi) is 7.22. The fourth-order valence-corrected chi connectivity index (χ4v) is 2.96. The Hall–Kier alpha value is -1.21. The lowest BCUT2D eigenvalue weighted by molar-refractivity contribution is -0.137. The molecule has 0 radical (unpaired) electrons. The third kappa shape index (κ3) is 7.17. The lowest BCUT2D eigenvalue weighted by Gasteiger charge is -2.26. The first-order chi connectivity index (χ1) is 10.2. The molecule has 122 valence electrons. The zero-order valence-corrected chi connectivity index (χ0v) is 15.3. The van der Waals surface area contributed by atoms with Crippen molar-refractivity contribution in [2.75, 3.05) is 20.1 Å². The number of amides is 2. The highest BCUT2D eigenvalue weighted by Crippen LogP contribution is 2.32. The molecule has 0 unspecified atom stereocenters. The third-order valence-electron chi connectivity index (χ3n) is 2.88. The van der Waals surface area contributed by atoms with Crippen molar-refractivity contribution in [1.82, 2.24) is 10.2 Å². The average molecular weight is 389 g/mol. The molecule has 22 heavy (non-hydrogen) atoms. The van der Waals surface area contributed by atoms with Gasteiger partial charge in [-0.2, -0.15) is 0 Å². The highest BCUT2D eigenvalue weighted by atomic mass is 79.9. The van der Waals surface area contributed by atoms with E-state index in [1.54, 1.807) is 18.8 Å². The van der Waals surface area contributed by atoms with Crippen molar-refractivity contribution in [3.63, 3.8) is 0 Å². The summed E-state index contributed by atoms with van der Waals surface area (Å²) in [5.74, 6) is -0.911. The summed E-state index contributed by atoms with van der Waals surface area (Å²) in [4.78, 5) is 24.9. The van der Waals surface area contributed by atoms with Gasteiger partial charge in [0.15, 0.2) is 0 Å². The van der Waals surface area contributed by atoms with Crippen LogP contribution in [0.1, 0.15) is 20.3 Å². The molecule has 0 saturated heterocycles. The first kappa shape index (κ1) is 18.8. The molecule has 2 N–H and O–H groups in total. The lowest BCUT2D eigenvalue weighted by Crippen LogP contribution is -2.43. The number of nitrogens with one attached hydrogen (secondary N) is 1. The predicted octanol–water partition coefficient (Wildman–Crippen LogP) is 3.44. The number of hydrogen-bond donors (Lipinski definition) is 2. The topological polar surface area (TPSA) is 69.6 Å². The second-order valence-corrected chi connectivity index (χ2v) is 8.24. The number of halogens is 1. The molecule has 0 aliphatic carbocycles. The molecule has 1 rings (SSSR count). The number of urea groups is 1.